The number of nitrogens with zero attached hydrogens (tertiary/aromatic N) is 3. The number of hydrogen-bond acceptors (Lipinski definition) is 7. The number of rotatable bonds is 6. The van der Waals surface area contributed by atoms with Crippen molar-refractivity contribution in [3.8, 4) is 0 Å². The van der Waals surface area contributed by atoms with Crippen molar-refractivity contribution in [1.29, 1.82) is 0 Å². The lowest BCUT2D eigenvalue weighted by Gasteiger charge is -2.30. The number of ether oxygens (including phenoxy) is 1. The third-order valence-electron chi connectivity index (χ3n) is 5.38. The fraction of sp³-hybridized carbons (Fsp3) is 0.208. The molecule has 0 aliphatic carbocycles. The predicted molar refractivity (Wildman–Crippen MR) is 133 cm³/mol. The first kappa shape index (κ1) is 23.3. The third kappa shape index (κ3) is 5.91. The Morgan fingerprint density at radius 1 is 1.06 bits per heavy atom. The number of nitro groups is 1. The largest absolute Gasteiger partial charge is 0.378 e. The molecule has 9 nitrogen and oxygen atoms in total. The summed E-state index contributed by atoms with van der Waals surface area (Å²) in [5.41, 5.74) is 3.63. The average Bonchev–Trinajstić information content (AvgIpc) is 2.86. The summed E-state index contributed by atoms with van der Waals surface area (Å²) in [5, 5.41) is 17.0. The molecule has 1 aromatic heterocycles. The van der Waals surface area contributed by atoms with E-state index in [1.54, 1.807) is 18.5 Å². The highest BCUT2D eigenvalue weighted by atomic mass is 32.1. The lowest BCUT2D eigenvalue weighted by molar-refractivity contribution is -0.384. The Morgan fingerprint density at radius 2 is 1.74 bits per heavy atom. The van der Waals surface area contributed by atoms with Crippen molar-refractivity contribution in [3.05, 3.63) is 93.8 Å². The summed E-state index contributed by atoms with van der Waals surface area (Å²) < 4.78 is 5.37. The number of benzene rings is 2. The number of nitro benzene ring substituents is 1. The van der Waals surface area contributed by atoms with Gasteiger partial charge in [0.1, 0.15) is 0 Å². The number of hydrogen-bond donors (Lipinski definition) is 2. The molecule has 1 aliphatic rings. The van der Waals surface area contributed by atoms with Crippen molar-refractivity contribution in [2.24, 2.45) is 0 Å². The molecule has 174 valence electrons. The van der Waals surface area contributed by atoms with Crippen LogP contribution in [0.3, 0.4) is 0 Å². The van der Waals surface area contributed by atoms with Crippen LogP contribution in [-0.4, -0.2) is 47.2 Å². The highest BCUT2D eigenvalue weighted by Crippen LogP contribution is 2.26. The van der Waals surface area contributed by atoms with Gasteiger partial charge in [0, 0.05) is 43.3 Å². The molecule has 0 radical (unpaired) electrons. The van der Waals surface area contributed by atoms with Gasteiger partial charge in [-0.1, -0.05) is 12.1 Å². The molecule has 2 aromatic carbocycles. The first-order valence-electron chi connectivity index (χ1n) is 10.7. The predicted octanol–water partition coefficient (Wildman–Crippen LogP) is 3.54. The van der Waals surface area contributed by atoms with Crippen LogP contribution in [0, 0.1) is 10.1 Å². The Labute approximate surface area is 201 Å². The van der Waals surface area contributed by atoms with E-state index < -0.39 is 10.8 Å². The Hall–Kier alpha value is -3.89. The van der Waals surface area contributed by atoms with Crippen LogP contribution in [0.1, 0.15) is 21.5 Å². The molecule has 0 spiro atoms. The lowest BCUT2D eigenvalue weighted by atomic mass is 10.1. The van der Waals surface area contributed by atoms with Gasteiger partial charge in [0.15, 0.2) is 5.11 Å². The normalized spacial score (nSPS) is 13.2. The van der Waals surface area contributed by atoms with Crippen molar-refractivity contribution in [3.63, 3.8) is 0 Å². The number of nitrogens with one attached hydrogen (secondary N) is 2. The van der Waals surface area contributed by atoms with Gasteiger partial charge in [-0.2, -0.15) is 0 Å². The molecule has 3 aromatic rings. The minimum atomic E-state index is -0.524. The number of carbonyl (C=O) groups excluding carboxylic acids is 1. The van der Waals surface area contributed by atoms with Gasteiger partial charge in [-0.05, 0) is 60.1 Å². The number of morpholine rings is 1. The zero-order chi connectivity index (χ0) is 23.9. The molecule has 1 fully saturated rings. The molecule has 34 heavy (non-hydrogen) atoms. The van der Waals surface area contributed by atoms with Crippen molar-refractivity contribution in [2.45, 2.75) is 6.42 Å². The highest BCUT2D eigenvalue weighted by Gasteiger charge is 2.22. The van der Waals surface area contributed by atoms with E-state index in [9.17, 15) is 14.9 Å². The van der Waals surface area contributed by atoms with Crippen LogP contribution in [0.5, 0.6) is 0 Å². The molecule has 2 heterocycles. The summed E-state index contributed by atoms with van der Waals surface area (Å²) in [5.74, 6) is -0.517. The Morgan fingerprint density at radius 3 is 2.41 bits per heavy atom. The SMILES string of the molecule is O=C(NC(=S)Nc1ccc(Cc2ccncc2)cc1)c1cc([N+](=O)[O-])ccc1N1CCOCC1. The first-order chi connectivity index (χ1) is 16.5. The van der Waals surface area contributed by atoms with Gasteiger partial charge in [0.05, 0.1) is 29.4 Å². The van der Waals surface area contributed by atoms with Gasteiger partial charge in [0.25, 0.3) is 11.6 Å². The number of aromatic nitrogens is 1. The molecule has 10 heteroatoms. The van der Waals surface area contributed by atoms with Crippen LogP contribution in [0.15, 0.2) is 67.0 Å². The Bertz CT molecular complexity index is 1180. The molecule has 4 rings (SSSR count). The van der Waals surface area contributed by atoms with Gasteiger partial charge in [-0.3, -0.25) is 25.2 Å². The lowest BCUT2D eigenvalue weighted by Crippen LogP contribution is -2.39. The standard InChI is InChI=1S/C24H23N5O4S/c30-23(21-16-20(29(31)32)5-6-22(21)28-11-13-33-14-12-28)27-24(34)26-19-3-1-17(2-4-19)15-18-7-9-25-10-8-18/h1-10,16H,11-15H2,(H2,26,27,30,34). The van der Waals surface area contributed by atoms with Crippen LogP contribution in [-0.2, 0) is 11.2 Å². The topological polar surface area (TPSA) is 110 Å². The molecule has 2 N–H and O–H groups in total. The van der Waals surface area contributed by atoms with Gasteiger partial charge < -0.3 is 15.0 Å². The van der Waals surface area contributed by atoms with Gasteiger partial charge >= 0.3 is 0 Å². The van der Waals surface area contributed by atoms with E-state index in [2.05, 4.69) is 15.6 Å². The third-order valence-corrected chi connectivity index (χ3v) is 5.59. The number of pyridine rings is 1. The molecule has 0 unspecified atom stereocenters. The summed E-state index contributed by atoms with van der Waals surface area (Å²) in [7, 11) is 0. The van der Waals surface area contributed by atoms with Crippen molar-refractivity contribution < 1.29 is 14.5 Å². The monoisotopic (exact) mass is 477 g/mol. The molecule has 0 saturated carbocycles. The summed E-state index contributed by atoms with van der Waals surface area (Å²) in [6.07, 6.45) is 4.30. The summed E-state index contributed by atoms with van der Waals surface area (Å²) in [6, 6.07) is 15.9. The molecule has 1 amide bonds. The van der Waals surface area contributed by atoms with E-state index in [4.69, 9.17) is 17.0 Å². The van der Waals surface area contributed by atoms with Crippen LogP contribution >= 0.6 is 12.2 Å². The molecule has 0 atom stereocenters. The molecular formula is C24H23N5O4S. The van der Waals surface area contributed by atoms with E-state index in [1.165, 1.54) is 12.1 Å². The van der Waals surface area contributed by atoms with E-state index in [0.29, 0.717) is 32.0 Å². The minimum Gasteiger partial charge on any atom is -0.378 e. The second-order valence-corrected chi connectivity index (χ2v) is 8.10. The Balaban J connectivity index is 1.43. The quantitative estimate of drug-likeness (QED) is 0.315. The van der Waals surface area contributed by atoms with E-state index in [0.717, 1.165) is 23.2 Å². The second kappa shape index (κ2) is 10.8. The maximum absolute atomic E-state index is 13.0. The highest BCUT2D eigenvalue weighted by molar-refractivity contribution is 7.80. The van der Waals surface area contributed by atoms with Gasteiger partial charge in [0.2, 0.25) is 0 Å². The second-order valence-electron chi connectivity index (χ2n) is 7.70. The number of amides is 1. The minimum absolute atomic E-state index is 0.103. The molecule has 1 saturated heterocycles. The van der Waals surface area contributed by atoms with Gasteiger partial charge in [-0.15, -0.1) is 0 Å². The van der Waals surface area contributed by atoms with E-state index in [-0.39, 0.29) is 16.4 Å². The molecule has 0 bridgehead atoms. The number of non-ortho nitro benzene ring substituents is 1. The first-order valence-corrected chi connectivity index (χ1v) is 11.1. The van der Waals surface area contributed by atoms with Crippen LogP contribution < -0.4 is 15.5 Å². The van der Waals surface area contributed by atoms with E-state index >= 15 is 0 Å². The summed E-state index contributed by atoms with van der Waals surface area (Å²) in [6.45, 7) is 2.23. The van der Waals surface area contributed by atoms with Crippen LogP contribution in [0.25, 0.3) is 0 Å². The summed E-state index contributed by atoms with van der Waals surface area (Å²) >= 11 is 5.32. The van der Waals surface area contributed by atoms with Crippen molar-refractivity contribution in [1.82, 2.24) is 10.3 Å². The zero-order valence-corrected chi connectivity index (χ0v) is 19.1. The number of carbonyl (C=O) groups is 1. The van der Waals surface area contributed by atoms with Crippen molar-refractivity contribution in [2.75, 3.05) is 36.5 Å². The fourth-order valence-corrected chi connectivity index (χ4v) is 3.89. The van der Waals surface area contributed by atoms with Crippen molar-refractivity contribution >= 4 is 40.3 Å². The molecular weight excluding hydrogens is 454 g/mol. The number of anilines is 2. The maximum atomic E-state index is 13.0. The van der Waals surface area contributed by atoms with Crippen LogP contribution in [0.4, 0.5) is 17.1 Å². The number of thiocarbonyl (C=S) groups is 1. The van der Waals surface area contributed by atoms with Gasteiger partial charge in [-0.25, -0.2) is 0 Å². The maximum Gasteiger partial charge on any atom is 0.270 e. The summed E-state index contributed by atoms with van der Waals surface area (Å²) in [4.78, 5) is 29.8. The smallest absolute Gasteiger partial charge is 0.270 e. The van der Waals surface area contributed by atoms with E-state index in [1.807, 2.05) is 41.3 Å². The zero-order valence-electron chi connectivity index (χ0n) is 18.3. The fourth-order valence-electron chi connectivity index (χ4n) is 3.67. The molecule has 1 aliphatic heterocycles. The average molecular weight is 478 g/mol. The Kier molecular flexibility index (Phi) is 7.41. The van der Waals surface area contributed by atoms with Crippen LogP contribution in [0.2, 0.25) is 0 Å².